The maximum atomic E-state index is 11.2. The first kappa shape index (κ1) is 12.9. The number of nitro groups is 1. The van der Waals surface area contributed by atoms with Crippen molar-refractivity contribution in [1.82, 2.24) is 0 Å². The second-order valence-electron chi connectivity index (χ2n) is 4.91. The van der Waals surface area contributed by atoms with Crippen molar-refractivity contribution in [3.05, 3.63) is 10.1 Å². The van der Waals surface area contributed by atoms with Crippen molar-refractivity contribution >= 4 is 5.97 Å². The first-order chi connectivity index (χ1) is 7.45. The molecule has 16 heavy (non-hydrogen) atoms. The van der Waals surface area contributed by atoms with Gasteiger partial charge in [-0.25, -0.2) is 0 Å². The summed E-state index contributed by atoms with van der Waals surface area (Å²) in [6, 6.07) is -0.669. The van der Waals surface area contributed by atoms with E-state index in [-0.39, 0.29) is 16.8 Å². The standard InChI is InChI=1S/C11H19NO4/c1-7(2)10(11(13)14)8-5-3-4-6-9(8)12(15)16/h7-10H,3-6H2,1-2H3,(H,13,14)/t8-,9+,10+/m0/s1. The molecule has 0 amide bonds. The van der Waals surface area contributed by atoms with Crippen molar-refractivity contribution in [2.45, 2.75) is 45.6 Å². The van der Waals surface area contributed by atoms with Crippen LogP contribution in [0.15, 0.2) is 0 Å². The third kappa shape index (κ3) is 2.71. The van der Waals surface area contributed by atoms with E-state index in [9.17, 15) is 20.0 Å². The van der Waals surface area contributed by atoms with Crippen LogP contribution < -0.4 is 0 Å². The van der Waals surface area contributed by atoms with E-state index in [2.05, 4.69) is 0 Å². The fourth-order valence-corrected chi connectivity index (χ4v) is 2.78. The molecule has 5 nitrogen and oxygen atoms in total. The van der Waals surface area contributed by atoms with E-state index < -0.39 is 17.9 Å². The highest BCUT2D eigenvalue weighted by molar-refractivity contribution is 5.70. The highest BCUT2D eigenvalue weighted by atomic mass is 16.6. The third-order valence-corrected chi connectivity index (χ3v) is 3.52. The Bertz CT molecular complexity index is 277. The van der Waals surface area contributed by atoms with Gasteiger partial charge in [0, 0.05) is 17.3 Å². The van der Waals surface area contributed by atoms with Crippen molar-refractivity contribution in [3.8, 4) is 0 Å². The van der Waals surface area contributed by atoms with E-state index in [1.54, 1.807) is 0 Å². The molecule has 1 N–H and O–H groups in total. The Labute approximate surface area is 95.0 Å². The van der Waals surface area contributed by atoms with Crippen LogP contribution in [-0.2, 0) is 4.79 Å². The maximum Gasteiger partial charge on any atom is 0.307 e. The third-order valence-electron chi connectivity index (χ3n) is 3.52. The molecule has 0 aromatic rings. The van der Waals surface area contributed by atoms with Crippen molar-refractivity contribution in [2.75, 3.05) is 0 Å². The van der Waals surface area contributed by atoms with Crippen LogP contribution in [0.2, 0.25) is 0 Å². The summed E-state index contributed by atoms with van der Waals surface area (Å²) in [5.74, 6) is -1.84. The molecule has 3 atom stereocenters. The number of nitrogens with zero attached hydrogens (tertiary/aromatic N) is 1. The highest BCUT2D eigenvalue weighted by Gasteiger charge is 2.43. The lowest BCUT2D eigenvalue weighted by atomic mass is 9.72. The van der Waals surface area contributed by atoms with Crippen molar-refractivity contribution in [1.29, 1.82) is 0 Å². The summed E-state index contributed by atoms with van der Waals surface area (Å²) in [4.78, 5) is 21.8. The second-order valence-corrected chi connectivity index (χ2v) is 4.91. The lowest BCUT2D eigenvalue weighted by Crippen LogP contribution is -2.41. The summed E-state index contributed by atoms with van der Waals surface area (Å²) >= 11 is 0. The average molecular weight is 229 g/mol. The first-order valence-corrected chi connectivity index (χ1v) is 5.81. The van der Waals surface area contributed by atoms with Gasteiger partial charge in [-0.3, -0.25) is 14.9 Å². The van der Waals surface area contributed by atoms with Gasteiger partial charge in [0.2, 0.25) is 6.04 Å². The van der Waals surface area contributed by atoms with Crippen LogP contribution in [0, 0.1) is 27.9 Å². The summed E-state index contributed by atoms with van der Waals surface area (Å²) < 4.78 is 0. The quantitative estimate of drug-likeness (QED) is 0.591. The molecular weight excluding hydrogens is 210 g/mol. The average Bonchev–Trinajstić information content (AvgIpc) is 2.17. The smallest absolute Gasteiger partial charge is 0.307 e. The minimum absolute atomic E-state index is 0.0527. The normalized spacial score (nSPS) is 27.7. The second kappa shape index (κ2) is 5.27. The zero-order valence-corrected chi connectivity index (χ0v) is 9.76. The van der Waals surface area contributed by atoms with Gasteiger partial charge >= 0.3 is 5.97 Å². The lowest BCUT2D eigenvalue weighted by Gasteiger charge is -2.31. The molecule has 1 rings (SSSR count). The minimum Gasteiger partial charge on any atom is -0.481 e. The predicted octanol–water partition coefficient (Wildman–Crippen LogP) is 2.18. The Morgan fingerprint density at radius 3 is 2.38 bits per heavy atom. The fraction of sp³-hybridized carbons (Fsp3) is 0.909. The van der Waals surface area contributed by atoms with E-state index >= 15 is 0 Å². The fourth-order valence-electron chi connectivity index (χ4n) is 2.78. The van der Waals surface area contributed by atoms with E-state index in [0.717, 1.165) is 12.8 Å². The molecule has 0 saturated heterocycles. The Morgan fingerprint density at radius 2 is 1.94 bits per heavy atom. The Kier molecular flexibility index (Phi) is 4.26. The van der Waals surface area contributed by atoms with Gasteiger partial charge < -0.3 is 5.11 Å². The number of hydrogen-bond donors (Lipinski definition) is 1. The Morgan fingerprint density at radius 1 is 1.38 bits per heavy atom. The number of carbonyl (C=O) groups is 1. The molecule has 0 bridgehead atoms. The van der Waals surface area contributed by atoms with Crippen molar-refractivity contribution < 1.29 is 14.8 Å². The van der Waals surface area contributed by atoms with Crippen molar-refractivity contribution in [3.63, 3.8) is 0 Å². The molecular formula is C11H19NO4. The molecule has 0 aromatic heterocycles. The highest BCUT2D eigenvalue weighted by Crippen LogP contribution is 2.35. The zero-order valence-electron chi connectivity index (χ0n) is 9.76. The number of aliphatic carboxylic acids is 1. The summed E-state index contributed by atoms with van der Waals surface area (Å²) in [5, 5.41) is 20.1. The van der Waals surface area contributed by atoms with E-state index in [4.69, 9.17) is 0 Å². The zero-order chi connectivity index (χ0) is 12.3. The maximum absolute atomic E-state index is 11.2. The van der Waals surface area contributed by atoms with Gasteiger partial charge in [-0.15, -0.1) is 0 Å². The van der Waals surface area contributed by atoms with Crippen LogP contribution in [0.5, 0.6) is 0 Å². The Balaban J connectivity index is 2.87. The van der Waals surface area contributed by atoms with Gasteiger partial charge in [0.1, 0.15) is 0 Å². The number of rotatable bonds is 4. The molecule has 0 aromatic carbocycles. The van der Waals surface area contributed by atoms with E-state index in [1.165, 1.54) is 0 Å². The molecule has 0 radical (unpaired) electrons. The van der Waals surface area contributed by atoms with Crippen LogP contribution >= 0.6 is 0 Å². The van der Waals surface area contributed by atoms with Crippen LogP contribution in [0.4, 0.5) is 0 Å². The molecule has 0 aliphatic heterocycles. The Hall–Kier alpha value is -1.13. The largest absolute Gasteiger partial charge is 0.481 e. The number of carboxylic acids is 1. The molecule has 92 valence electrons. The summed E-state index contributed by atoms with van der Waals surface area (Å²) in [7, 11) is 0. The minimum atomic E-state index is -0.895. The SMILES string of the molecule is CC(C)[C@@H](C(=O)O)[C@H]1CCCC[C@H]1[N+](=O)[O-]. The molecule has 5 heteroatoms. The van der Waals surface area contributed by atoms with Crippen LogP contribution in [0.1, 0.15) is 39.5 Å². The summed E-state index contributed by atoms with van der Waals surface area (Å²) in [5.41, 5.74) is 0. The molecule has 1 saturated carbocycles. The van der Waals surface area contributed by atoms with Crippen LogP contribution in [-0.4, -0.2) is 22.0 Å². The molecule has 1 fully saturated rings. The lowest BCUT2D eigenvalue weighted by molar-refractivity contribution is -0.537. The van der Waals surface area contributed by atoms with Gasteiger partial charge in [-0.2, -0.15) is 0 Å². The molecule has 0 heterocycles. The molecule has 1 aliphatic rings. The van der Waals surface area contributed by atoms with E-state index in [1.807, 2.05) is 13.8 Å². The van der Waals surface area contributed by atoms with Crippen LogP contribution in [0.25, 0.3) is 0 Å². The summed E-state index contributed by atoms with van der Waals surface area (Å²) in [6.07, 6.45) is 2.94. The van der Waals surface area contributed by atoms with E-state index in [0.29, 0.717) is 12.8 Å². The molecule has 0 unspecified atom stereocenters. The van der Waals surface area contributed by atoms with Crippen LogP contribution in [0.3, 0.4) is 0 Å². The molecule has 1 aliphatic carbocycles. The predicted molar refractivity (Wildman–Crippen MR) is 58.7 cm³/mol. The van der Waals surface area contributed by atoms with Gasteiger partial charge in [0.25, 0.3) is 0 Å². The number of hydrogen-bond acceptors (Lipinski definition) is 3. The topological polar surface area (TPSA) is 80.4 Å². The monoisotopic (exact) mass is 229 g/mol. The van der Waals surface area contributed by atoms with Gasteiger partial charge in [0.05, 0.1) is 5.92 Å². The number of carboxylic acid groups (broad SMARTS) is 1. The van der Waals surface area contributed by atoms with Gasteiger partial charge in [0.15, 0.2) is 0 Å². The van der Waals surface area contributed by atoms with Crippen molar-refractivity contribution in [2.24, 2.45) is 17.8 Å². The molecule has 0 spiro atoms. The first-order valence-electron chi connectivity index (χ1n) is 5.81. The van der Waals surface area contributed by atoms with Gasteiger partial charge in [-0.1, -0.05) is 20.3 Å². The van der Waals surface area contributed by atoms with Gasteiger partial charge in [-0.05, 0) is 18.8 Å². The summed E-state index contributed by atoms with van der Waals surface area (Å²) in [6.45, 7) is 3.65.